The summed E-state index contributed by atoms with van der Waals surface area (Å²) in [6.07, 6.45) is 2.25. The second-order valence-corrected chi connectivity index (χ2v) is 6.46. The first-order chi connectivity index (χ1) is 8.79. The largest absolute Gasteiger partial charge is 0.493 e. The average Bonchev–Trinajstić information content (AvgIpc) is 2.24. The Bertz CT molecular complexity index is 381. The van der Waals surface area contributed by atoms with Gasteiger partial charge in [-0.3, -0.25) is 0 Å². The molecule has 0 unspecified atom stereocenters. The smallest absolute Gasteiger partial charge is 0.125 e. The number of unbranched alkanes of at least 4 members (excludes halogenated alkanes) is 1. The third kappa shape index (κ3) is 6.11. The van der Waals surface area contributed by atoms with Crippen LogP contribution in [-0.2, 0) is 0 Å². The molecule has 0 spiro atoms. The number of ether oxygens (including phenoxy) is 1. The maximum absolute atomic E-state index is 5.93. The van der Waals surface area contributed by atoms with E-state index in [9.17, 15) is 0 Å². The molecule has 1 aromatic rings. The summed E-state index contributed by atoms with van der Waals surface area (Å²) >= 11 is 0. The molecular formula is C17H29NO. The van der Waals surface area contributed by atoms with E-state index in [4.69, 9.17) is 4.74 Å². The maximum Gasteiger partial charge on any atom is 0.125 e. The van der Waals surface area contributed by atoms with E-state index in [0.29, 0.717) is 0 Å². The normalized spacial score (nSPS) is 11.7. The first-order valence-electron chi connectivity index (χ1n) is 7.25. The van der Waals surface area contributed by atoms with Crippen molar-refractivity contribution in [1.82, 2.24) is 5.32 Å². The lowest BCUT2D eigenvalue weighted by atomic mass is 10.1. The molecule has 0 aromatic heterocycles. The number of hydrogen-bond donors (Lipinski definition) is 1. The van der Waals surface area contributed by atoms with Crippen LogP contribution in [0.5, 0.6) is 5.75 Å². The summed E-state index contributed by atoms with van der Waals surface area (Å²) in [7, 11) is 0. The monoisotopic (exact) mass is 263 g/mol. The molecule has 0 radical (unpaired) electrons. The molecule has 0 saturated carbocycles. The van der Waals surface area contributed by atoms with Gasteiger partial charge >= 0.3 is 0 Å². The number of rotatable bonds is 6. The van der Waals surface area contributed by atoms with Crippen LogP contribution in [0.15, 0.2) is 12.1 Å². The van der Waals surface area contributed by atoms with E-state index in [0.717, 1.165) is 31.7 Å². The molecule has 1 rings (SSSR count). The molecule has 0 saturated heterocycles. The molecule has 0 aliphatic rings. The predicted molar refractivity (Wildman–Crippen MR) is 83.1 cm³/mol. The SMILES string of the molecule is Cc1cc(C)c(OCCCCNC(C)(C)C)c(C)c1. The van der Waals surface area contributed by atoms with Crippen molar-refractivity contribution in [2.45, 2.75) is 59.9 Å². The van der Waals surface area contributed by atoms with Crippen LogP contribution in [0.2, 0.25) is 0 Å². The van der Waals surface area contributed by atoms with Crippen LogP contribution in [0.25, 0.3) is 0 Å². The fourth-order valence-corrected chi connectivity index (χ4v) is 2.26. The summed E-state index contributed by atoms with van der Waals surface area (Å²) in [5, 5.41) is 3.50. The molecule has 2 heteroatoms. The second-order valence-electron chi connectivity index (χ2n) is 6.46. The van der Waals surface area contributed by atoms with Crippen molar-refractivity contribution in [2.75, 3.05) is 13.2 Å². The molecule has 0 bridgehead atoms. The van der Waals surface area contributed by atoms with Crippen molar-refractivity contribution in [2.24, 2.45) is 0 Å². The van der Waals surface area contributed by atoms with Gasteiger partial charge in [-0.25, -0.2) is 0 Å². The third-order valence-corrected chi connectivity index (χ3v) is 3.08. The average molecular weight is 263 g/mol. The fraction of sp³-hybridized carbons (Fsp3) is 0.647. The van der Waals surface area contributed by atoms with Gasteiger partial charge in [-0.1, -0.05) is 17.7 Å². The Balaban J connectivity index is 2.30. The quantitative estimate of drug-likeness (QED) is 0.778. The van der Waals surface area contributed by atoms with Gasteiger partial charge in [0, 0.05) is 5.54 Å². The minimum atomic E-state index is 0.213. The minimum absolute atomic E-state index is 0.213. The Morgan fingerprint density at radius 1 is 1.00 bits per heavy atom. The molecule has 108 valence electrons. The number of benzene rings is 1. The fourth-order valence-electron chi connectivity index (χ4n) is 2.26. The highest BCUT2D eigenvalue weighted by atomic mass is 16.5. The van der Waals surface area contributed by atoms with Gasteiger partial charge in [0.1, 0.15) is 5.75 Å². The summed E-state index contributed by atoms with van der Waals surface area (Å²) in [5.74, 6) is 1.06. The van der Waals surface area contributed by atoms with Gasteiger partial charge in [-0.05, 0) is 72.1 Å². The van der Waals surface area contributed by atoms with Gasteiger partial charge in [0.05, 0.1) is 6.61 Å². The molecule has 0 aliphatic heterocycles. The molecular weight excluding hydrogens is 234 g/mol. The highest BCUT2D eigenvalue weighted by Gasteiger charge is 2.07. The van der Waals surface area contributed by atoms with Crippen molar-refractivity contribution in [3.8, 4) is 5.75 Å². The molecule has 0 heterocycles. The topological polar surface area (TPSA) is 21.3 Å². The van der Waals surface area contributed by atoms with Crippen LogP contribution in [0.4, 0.5) is 0 Å². The predicted octanol–water partition coefficient (Wildman–Crippen LogP) is 4.16. The van der Waals surface area contributed by atoms with Crippen LogP contribution in [0, 0.1) is 20.8 Å². The van der Waals surface area contributed by atoms with Crippen molar-refractivity contribution in [3.05, 3.63) is 28.8 Å². The lowest BCUT2D eigenvalue weighted by Crippen LogP contribution is -2.36. The van der Waals surface area contributed by atoms with E-state index in [1.54, 1.807) is 0 Å². The van der Waals surface area contributed by atoms with Gasteiger partial charge in [-0.2, -0.15) is 0 Å². The van der Waals surface area contributed by atoms with E-state index in [-0.39, 0.29) is 5.54 Å². The van der Waals surface area contributed by atoms with Crippen molar-refractivity contribution in [1.29, 1.82) is 0 Å². The Kier molecular flexibility index (Phi) is 5.86. The Hall–Kier alpha value is -1.02. The van der Waals surface area contributed by atoms with Gasteiger partial charge in [-0.15, -0.1) is 0 Å². The molecule has 1 N–H and O–H groups in total. The molecule has 1 aromatic carbocycles. The molecule has 0 amide bonds. The van der Waals surface area contributed by atoms with E-state index in [1.807, 2.05) is 0 Å². The zero-order chi connectivity index (χ0) is 14.5. The highest BCUT2D eigenvalue weighted by molar-refractivity contribution is 5.42. The molecule has 19 heavy (non-hydrogen) atoms. The number of nitrogens with one attached hydrogen (secondary N) is 1. The summed E-state index contributed by atoms with van der Waals surface area (Å²) in [4.78, 5) is 0. The van der Waals surface area contributed by atoms with Crippen LogP contribution in [0.3, 0.4) is 0 Å². The van der Waals surface area contributed by atoms with Crippen LogP contribution in [0.1, 0.15) is 50.3 Å². The van der Waals surface area contributed by atoms with E-state index < -0.39 is 0 Å². The van der Waals surface area contributed by atoms with Crippen LogP contribution < -0.4 is 10.1 Å². The van der Waals surface area contributed by atoms with Gasteiger partial charge in [0.2, 0.25) is 0 Å². The third-order valence-electron chi connectivity index (χ3n) is 3.08. The summed E-state index contributed by atoms with van der Waals surface area (Å²) in [6, 6.07) is 4.37. The van der Waals surface area contributed by atoms with Crippen molar-refractivity contribution in [3.63, 3.8) is 0 Å². The van der Waals surface area contributed by atoms with E-state index in [1.165, 1.54) is 16.7 Å². The van der Waals surface area contributed by atoms with Crippen molar-refractivity contribution < 1.29 is 4.74 Å². The number of hydrogen-bond acceptors (Lipinski definition) is 2. The maximum atomic E-state index is 5.93. The van der Waals surface area contributed by atoms with Gasteiger partial charge in [0.15, 0.2) is 0 Å². The van der Waals surface area contributed by atoms with Crippen LogP contribution >= 0.6 is 0 Å². The van der Waals surface area contributed by atoms with Crippen molar-refractivity contribution >= 4 is 0 Å². The summed E-state index contributed by atoms with van der Waals surface area (Å²) in [5.41, 5.74) is 4.00. The number of aryl methyl sites for hydroxylation is 3. The summed E-state index contributed by atoms with van der Waals surface area (Å²) < 4.78 is 5.93. The Morgan fingerprint density at radius 3 is 2.11 bits per heavy atom. The second kappa shape index (κ2) is 6.95. The lowest BCUT2D eigenvalue weighted by molar-refractivity contribution is 0.298. The molecule has 0 fully saturated rings. The first-order valence-corrected chi connectivity index (χ1v) is 7.25. The molecule has 2 nitrogen and oxygen atoms in total. The summed E-state index contributed by atoms with van der Waals surface area (Å²) in [6.45, 7) is 14.8. The molecule has 0 aliphatic carbocycles. The lowest BCUT2D eigenvalue weighted by Gasteiger charge is -2.20. The van der Waals surface area contributed by atoms with E-state index >= 15 is 0 Å². The zero-order valence-electron chi connectivity index (χ0n) is 13.4. The Labute approximate surface area is 118 Å². The Morgan fingerprint density at radius 2 is 1.58 bits per heavy atom. The highest BCUT2D eigenvalue weighted by Crippen LogP contribution is 2.24. The van der Waals surface area contributed by atoms with Gasteiger partial charge in [0.25, 0.3) is 0 Å². The van der Waals surface area contributed by atoms with E-state index in [2.05, 4.69) is 59.0 Å². The molecule has 0 atom stereocenters. The minimum Gasteiger partial charge on any atom is -0.493 e. The standard InChI is InChI=1S/C17H29NO/c1-13-11-14(2)16(15(3)12-13)19-10-8-7-9-18-17(4,5)6/h11-12,18H,7-10H2,1-6H3. The van der Waals surface area contributed by atoms with Crippen LogP contribution in [-0.4, -0.2) is 18.7 Å². The first kappa shape index (κ1) is 16.0. The zero-order valence-corrected chi connectivity index (χ0v) is 13.4. The van der Waals surface area contributed by atoms with Gasteiger partial charge < -0.3 is 10.1 Å².